The SMILES string of the molecule is CN(C)S(=O)(=O)c1ccc(C(=O)NCCNS(=O)(=O)c2cn(C)cn2)cc1. The van der Waals surface area contributed by atoms with Crippen molar-refractivity contribution in [3.63, 3.8) is 0 Å². The number of carbonyl (C=O) groups excluding carboxylic acids is 1. The van der Waals surface area contributed by atoms with Crippen LogP contribution in [-0.4, -0.2) is 63.8 Å². The minimum absolute atomic E-state index is 0.0161. The zero-order valence-corrected chi connectivity index (χ0v) is 16.7. The minimum Gasteiger partial charge on any atom is -0.351 e. The van der Waals surface area contributed by atoms with Crippen molar-refractivity contribution in [2.24, 2.45) is 7.05 Å². The van der Waals surface area contributed by atoms with Crippen LogP contribution in [0.5, 0.6) is 0 Å². The molecule has 0 aliphatic carbocycles. The highest BCUT2D eigenvalue weighted by atomic mass is 32.2. The molecule has 0 aliphatic heterocycles. The molecule has 148 valence electrons. The molecule has 12 heteroatoms. The summed E-state index contributed by atoms with van der Waals surface area (Å²) in [6.07, 6.45) is 2.74. The van der Waals surface area contributed by atoms with E-state index in [1.807, 2.05) is 0 Å². The normalized spacial score (nSPS) is 12.3. The highest BCUT2D eigenvalue weighted by Crippen LogP contribution is 2.13. The summed E-state index contributed by atoms with van der Waals surface area (Å²) < 4.78 is 52.9. The highest BCUT2D eigenvalue weighted by molar-refractivity contribution is 7.89. The number of nitrogens with one attached hydrogen (secondary N) is 2. The fraction of sp³-hybridized carbons (Fsp3) is 0.333. The van der Waals surface area contributed by atoms with Gasteiger partial charge < -0.3 is 9.88 Å². The number of hydrogen-bond donors (Lipinski definition) is 2. The maximum Gasteiger partial charge on any atom is 0.259 e. The summed E-state index contributed by atoms with van der Waals surface area (Å²) >= 11 is 0. The molecule has 0 bridgehead atoms. The summed E-state index contributed by atoms with van der Waals surface area (Å²) in [5.74, 6) is -0.444. The molecule has 1 aromatic heterocycles. The lowest BCUT2D eigenvalue weighted by Crippen LogP contribution is -2.34. The van der Waals surface area contributed by atoms with Gasteiger partial charge in [0.2, 0.25) is 10.0 Å². The van der Waals surface area contributed by atoms with Crippen LogP contribution in [0.4, 0.5) is 0 Å². The fourth-order valence-corrected chi connectivity index (χ4v) is 3.97. The predicted molar refractivity (Wildman–Crippen MR) is 98.0 cm³/mol. The average Bonchev–Trinajstić information content (AvgIpc) is 3.06. The molecule has 0 saturated heterocycles. The van der Waals surface area contributed by atoms with Gasteiger partial charge in [-0.2, -0.15) is 0 Å². The summed E-state index contributed by atoms with van der Waals surface area (Å²) in [4.78, 5) is 15.9. The van der Waals surface area contributed by atoms with Gasteiger partial charge in [0.1, 0.15) is 0 Å². The van der Waals surface area contributed by atoms with Gasteiger partial charge in [0.05, 0.1) is 11.2 Å². The van der Waals surface area contributed by atoms with Gasteiger partial charge in [-0.25, -0.2) is 30.8 Å². The zero-order valence-electron chi connectivity index (χ0n) is 15.1. The summed E-state index contributed by atoms with van der Waals surface area (Å²) in [5, 5.41) is 2.46. The van der Waals surface area contributed by atoms with Crippen LogP contribution in [0.15, 0.2) is 46.7 Å². The van der Waals surface area contributed by atoms with Crippen LogP contribution in [0, 0.1) is 0 Å². The van der Waals surface area contributed by atoms with Crippen molar-refractivity contribution in [3.8, 4) is 0 Å². The molecule has 2 N–H and O–H groups in total. The minimum atomic E-state index is -3.74. The first kappa shape index (κ1) is 21.0. The smallest absolute Gasteiger partial charge is 0.259 e. The zero-order chi connectivity index (χ0) is 20.2. The van der Waals surface area contributed by atoms with Crippen LogP contribution >= 0.6 is 0 Å². The number of hydrogen-bond acceptors (Lipinski definition) is 6. The molecule has 0 aliphatic rings. The van der Waals surface area contributed by atoms with E-state index in [1.54, 1.807) is 7.05 Å². The molecule has 0 atom stereocenters. The van der Waals surface area contributed by atoms with Gasteiger partial charge in [0, 0.05) is 46.0 Å². The van der Waals surface area contributed by atoms with E-state index in [9.17, 15) is 21.6 Å². The third-order valence-corrected chi connectivity index (χ3v) is 6.73. The third-order valence-electron chi connectivity index (χ3n) is 3.55. The van der Waals surface area contributed by atoms with Gasteiger partial charge in [0.25, 0.3) is 15.9 Å². The van der Waals surface area contributed by atoms with Gasteiger partial charge in [-0.3, -0.25) is 4.79 Å². The number of nitrogens with zero attached hydrogens (tertiary/aromatic N) is 3. The van der Waals surface area contributed by atoms with Crippen molar-refractivity contribution in [1.82, 2.24) is 23.9 Å². The van der Waals surface area contributed by atoms with Crippen LogP contribution in [-0.2, 0) is 27.1 Å². The van der Waals surface area contributed by atoms with E-state index < -0.39 is 26.0 Å². The molecule has 2 aromatic rings. The van der Waals surface area contributed by atoms with Crippen LogP contribution < -0.4 is 10.0 Å². The van der Waals surface area contributed by atoms with E-state index in [4.69, 9.17) is 0 Å². The number of imidazole rings is 1. The molecule has 0 spiro atoms. The Balaban J connectivity index is 1.89. The third kappa shape index (κ3) is 5.13. The van der Waals surface area contributed by atoms with Crippen molar-refractivity contribution in [2.45, 2.75) is 9.92 Å². The first-order valence-corrected chi connectivity index (χ1v) is 10.7. The Hall–Kier alpha value is -2.28. The number of amides is 1. The number of sulfonamides is 2. The lowest BCUT2D eigenvalue weighted by molar-refractivity contribution is 0.0954. The summed E-state index contributed by atoms with van der Waals surface area (Å²) in [7, 11) is -2.81. The lowest BCUT2D eigenvalue weighted by atomic mass is 10.2. The second-order valence-electron chi connectivity index (χ2n) is 5.84. The summed E-state index contributed by atoms with van der Waals surface area (Å²) in [6.45, 7) is 0.0420. The Morgan fingerprint density at radius 3 is 2.26 bits per heavy atom. The van der Waals surface area contributed by atoms with Crippen molar-refractivity contribution in [1.29, 1.82) is 0 Å². The van der Waals surface area contributed by atoms with E-state index in [0.29, 0.717) is 0 Å². The maximum absolute atomic E-state index is 12.1. The molecule has 0 fully saturated rings. The summed E-state index contributed by atoms with van der Waals surface area (Å²) in [6, 6.07) is 5.47. The molecular weight excluding hydrogens is 394 g/mol. The number of carbonyl (C=O) groups is 1. The van der Waals surface area contributed by atoms with E-state index in [0.717, 1.165) is 4.31 Å². The van der Waals surface area contributed by atoms with E-state index >= 15 is 0 Å². The molecule has 2 rings (SSSR count). The number of rotatable bonds is 8. The molecular formula is C15H21N5O5S2. The van der Waals surface area contributed by atoms with Crippen molar-refractivity contribution >= 4 is 26.0 Å². The van der Waals surface area contributed by atoms with Crippen LogP contribution in [0.25, 0.3) is 0 Å². The van der Waals surface area contributed by atoms with E-state index in [2.05, 4.69) is 15.0 Å². The predicted octanol–water partition coefficient (Wildman–Crippen LogP) is -0.621. The molecule has 0 radical (unpaired) electrons. The van der Waals surface area contributed by atoms with Crippen molar-refractivity contribution in [2.75, 3.05) is 27.2 Å². The molecule has 27 heavy (non-hydrogen) atoms. The average molecular weight is 415 g/mol. The van der Waals surface area contributed by atoms with Gasteiger partial charge in [0.15, 0.2) is 5.03 Å². The van der Waals surface area contributed by atoms with Gasteiger partial charge in [-0.1, -0.05) is 0 Å². The Labute approximate surface area is 158 Å². The highest BCUT2D eigenvalue weighted by Gasteiger charge is 2.18. The Kier molecular flexibility index (Phi) is 6.36. The molecule has 1 heterocycles. The van der Waals surface area contributed by atoms with Crippen molar-refractivity contribution in [3.05, 3.63) is 42.4 Å². The number of benzene rings is 1. The molecule has 1 aromatic carbocycles. The second kappa shape index (κ2) is 8.17. The Morgan fingerprint density at radius 1 is 1.11 bits per heavy atom. The summed E-state index contributed by atoms with van der Waals surface area (Å²) in [5.41, 5.74) is 0.264. The van der Waals surface area contributed by atoms with Crippen LogP contribution in [0.3, 0.4) is 0 Å². The van der Waals surface area contributed by atoms with E-state index in [1.165, 1.54) is 55.5 Å². The van der Waals surface area contributed by atoms with Gasteiger partial charge >= 0.3 is 0 Å². The topological polar surface area (TPSA) is 130 Å². The number of aromatic nitrogens is 2. The molecule has 0 saturated carbocycles. The molecule has 1 amide bonds. The largest absolute Gasteiger partial charge is 0.351 e. The first-order chi connectivity index (χ1) is 12.5. The molecule has 0 unspecified atom stereocenters. The maximum atomic E-state index is 12.1. The second-order valence-corrected chi connectivity index (χ2v) is 9.71. The Bertz CT molecular complexity index is 1010. The monoisotopic (exact) mass is 415 g/mol. The molecule has 10 nitrogen and oxygen atoms in total. The van der Waals surface area contributed by atoms with Crippen LogP contribution in [0.2, 0.25) is 0 Å². The fourth-order valence-electron chi connectivity index (χ4n) is 2.05. The quantitative estimate of drug-likeness (QED) is 0.553. The standard InChI is InChI=1S/C15H21N5O5S2/c1-19(2)27(24,25)13-6-4-12(5-7-13)15(21)16-8-9-18-26(22,23)14-10-20(3)11-17-14/h4-7,10-11,18H,8-9H2,1-3H3,(H,16,21). The van der Waals surface area contributed by atoms with Crippen molar-refractivity contribution < 1.29 is 21.6 Å². The number of aryl methyl sites for hydroxylation is 1. The van der Waals surface area contributed by atoms with Gasteiger partial charge in [-0.05, 0) is 24.3 Å². The van der Waals surface area contributed by atoms with Crippen LogP contribution in [0.1, 0.15) is 10.4 Å². The van der Waals surface area contributed by atoms with Gasteiger partial charge in [-0.15, -0.1) is 0 Å². The van der Waals surface area contributed by atoms with E-state index in [-0.39, 0.29) is 28.6 Å². The Morgan fingerprint density at radius 2 is 1.74 bits per heavy atom. The lowest BCUT2D eigenvalue weighted by Gasteiger charge is -2.11. The first-order valence-electron chi connectivity index (χ1n) is 7.82.